The second-order valence-corrected chi connectivity index (χ2v) is 3.90. The number of aliphatic hydroxyl groups is 1. The molecule has 0 aliphatic rings. The molecule has 0 aromatic heterocycles. The monoisotopic (exact) mass is 251 g/mol. The van der Waals surface area contributed by atoms with Gasteiger partial charge in [-0.2, -0.15) is 0 Å². The van der Waals surface area contributed by atoms with Crippen LogP contribution in [0, 0.1) is 0 Å². The number of aromatic carboxylic acids is 1. The summed E-state index contributed by atoms with van der Waals surface area (Å²) >= 11 is 0. The van der Waals surface area contributed by atoms with Crippen LogP contribution in [0.2, 0.25) is 0 Å². The number of carbonyl (C=O) groups excluding carboxylic acids is 1. The van der Waals surface area contributed by atoms with Crippen molar-refractivity contribution in [2.75, 3.05) is 19.7 Å². The summed E-state index contributed by atoms with van der Waals surface area (Å²) in [5.41, 5.74) is 0.415. The van der Waals surface area contributed by atoms with Crippen LogP contribution < -0.4 is 0 Å². The fraction of sp³-hybridized carbons (Fsp3) is 0.385. The van der Waals surface area contributed by atoms with Crippen molar-refractivity contribution in [3.05, 3.63) is 35.4 Å². The average molecular weight is 251 g/mol. The minimum atomic E-state index is -1.06. The Morgan fingerprint density at radius 2 is 1.89 bits per heavy atom. The lowest BCUT2D eigenvalue weighted by atomic mass is 10.1. The number of carboxylic acids is 1. The number of amides is 1. The molecule has 0 fully saturated rings. The summed E-state index contributed by atoms with van der Waals surface area (Å²) in [6.07, 6.45) is 0.782. The normalized spacial score (nSPS) is 10.1. The van der Waals surface area contributed by atoms with Gasteiger partial charge in [0.05, 0.1) is 12.2 Å². The predicted molar refractivity (Wildman–Crippen MR) is 66.7 cm³/mol. The summed E-state index contributed by atoms with van der Waals surface area (Å²) in [4.78, 5) is 24.5. The summed E-state index contributed by atoms with van der Waals surface area (Å²) < 4.78 is 0. The van der Waals surface area contributed by atoms with E-state index in [1.807, 2.05) is 6.92 Å². The van der Waals surface area contributed by atoms with Crippen LogP contribution in [0.3, 0.4) is 0 Å². The Hall–Kier alpha value is -1.88. The highest BCUT2D eigenvalue weighted by molar-refractivity contribution is 5.97. The van der Waals surface area contributed by atoms with Crippen molar-refractivity contribution in [1.82, 2.24) is 4.90 Å². The van der Waals surface area contributed by atoms with Gasteiger partial charge in [-0.05, 0) is 24.6 Å². The molecule has 0 unspecified atom stereocenters. The molecule has 1 rings (SSSR count). The molecule has 5 heteroatoms. The van der Waals surface area contributed by atoms with E-state index < -0.39 is 5.97 Å². The Morgan fingerprint density at radius 3 is 2.44 bits per heavy atom. The van der Waals surface area contributed by atoms with E-state index in [1.54, 1.807) is 12.1 Å². The molecule has 0 spiro atoms. The van der Waals surface area contributed by atoms with Gasteiger partial charge in [-0.3, -0.25) is 4.79 Å². The van der Waals surface area contributed by atoms with Gasteiger partial charge < -0.3 is 15.1 Å². The van der Waals surface area contributed by atoms with E-state index in [0.717, 1.165) is 6.42 Å². The molecule has 18 heavy (non-hydrogen) atoms. The van der Waals surface area contributed by atoms with Gasteiger partial charge in [0.2, 0.25) is 0 Å². The number of rotatable bonds is 6. The van der Waals surface area contributed by atoms with Gasteiger partial charge in [-0.25, -0.2) is 4.79 Å². The highest BCUT2D eigenvalue weighted by atomic mass is 16.4. The molecular formula is C13H17NO4. The van der Waals surface area contributed by atoms with Crippen molar-refractivity contribution in [2.45, 2.75) is 13.3 Å². The molecule has 1 aromatic rings. The van der Waals surface area contributed by atoms with Crippen molar-refractivity contribution < 1.29 is 19.8 Å². The Kier molecular flexibility index (Phi) is 5.32. The van der Waals surface area contributed by atoms with Gasteiger partial charge >= 0.3 is 5.97 Å². The smallest absolute Gasteiger partial charge is 0.335 e. The maximum atomic E-state index is 12.1. The maximum Gasteiger partial charge on any atom is 0.335 e. The first-order chi connectivity index (χ1) is 8.60. The molecule has 1 aromatic carbocycles. The zero-order chi connectivity index (χ0) is 13.5. The number of benzene rings is 1. The Bertz CT molecular complexity index is 425. The lowest BCUT2D eigenvalue weighted by molar-refractivity contribution is 0.0697. The molecule has 0 heterocycles. The van der Waals surface area contributed by atoms with E-state index in [2.05, 4.69) is 0 Å². The summed E-state index contributed by atoms with van der Waals surface area (Å²) in [5, 5.41) is 17.8. The molecule has 0 saturated carbocycles. The van der Waals surface area contributed by atoms with Crippen LogP contribution in [-0.2, 0) is 0 Å². The fourth-order valence-corrected chi connectivity index (χ4v) is 1.67. The molecule has 0 saturated heterocycles. The zero-order valence-corrected chi connectivity index (χ0v) is 10.3. The lowest BCUT2D eigenvalue weighted by Gasteiger charge is -2.21. The zero-order valence-electron chi connectivity index (χ0n) is 10.3. The van der Waals surface area contributed by atoms with Crippen LogP contribution in [0.4, 0.5) is 0 Å². The van der Waals surface area contributed by atoms with Crippen molar-refractivity contribution in [3.8, 4) is 0 Å². The Labute approximate surface area is 106 Å². The summed E-state index contributed by atoms with van der Waals surface area (Å²) in [7, 11) is 0. The van der Waals surface area contributed by atoms with Gasteiger partial charge in [0.15, 0.2) is 0 Å². The summed E-state index contributed by atoms with van der Waals surface area (Å²) in [5.74, 6) is -1.32. The molecule has 0 aliphatic carbocycles. The van der Waals surface area contributed by atoms with Crippen LogP contribution in [0.1, 0.15) is 34.1 Å². The van der Waals surface area contributed by atoms with Crippen molar-refractivity contribution in [2.24, 2.45) is 0 Å². The van der Waals surface area contributed by atoms with Gasteiger partial charge in [0, 0.05) is 18.7 Å². The second kappa shape index (κ2) is 6.76. The van der Waals surface area contributed by atoms with Gasteiger partial charge in [0.25, 0.3) is 5.91 Å². The lowest BCUT2D eigenvalue weighted by Crippen LogP contribution is -2.34. The largest absolute Gasteiger partial charge is 0.478 e. The van der Waals surface area contributed by atoms with E-state index in [0.29, 0.717) is 12.1 Å². The number of nitrogens with zero attached hydrogens (tertiary/aromatic N) is 1. The molecule has 1 amide bonds. The fourth-order valence-electron chi connectivity index (χ4n) is 1.67. The molecule has 0 radical (unpaired) electrons. The molecule has 0 bridgehead atoms. The topological polar surface area (TPSA) is 77.8 Å². The molecule has 0 aliphatic heterocycles. The molecule has 98 valence electrons. The standard InChI is InChI=1S/C13H17NO4/c1-2-6-14(7-8-15)12(16)10-4-3-5-11(9-10)13(17)18/h3-5,9,15H,2,6-8H2,1H3,(H,17,18). The van der Waals surface area contributed by atoms with Crippen molar-refractivity contribution in [1.29, 1.82) is 0 Å². The van der Waals surface area contributed by atoms with Gasteiger partial charge in [-0.15, -0.1) is 0 Å². The number of carbonyl (C=O) groups is 2. The summed E-state index contributed by atoms with van der Waals surface area (Å²) in [6, 6.07) is 5.91. The molecule has 5 nitrogen and oxygen atoms in total. The van der Waals surface area contributed by atoms with E-state index in [1.165, 1.54) is 17.0 Å². The van der Waals surface area contributed by atoms with E-state index in [4.69, 9.17) is 10.2 Å². The van der Waals surface area contributed by atoms with Crippen LogP contribution >= 0.6 is 0 Å². The number of hydrogen-bond donors (Lipinski definition) is 2. The van der Waals surface area contributed by atoms with Gasteiger partial charge in [0.1, 0.15) is 0 Å². The van der Waals surface area contributed by atoms with Crippen LogP contribution in [0.5, 0.6) is 0 Å². The van der Waals surface area contributed by atoms with Crippen molar-refractivity contribution in [3.63, 3.8) is 0 Å². The SMILES string of the molecule is CCCN(CCO)C(=O)c1cccc(C(=O)O)c1. The minimum absolute atomic E-state index is 0.0845. The Morgan fingerprint density at radius 1 is 1.22 bits per heavy atom. The van der Waals surface area contributed by atoms with E-state index >= 15 is 0 Å². The third-order valence-corrected chi connectivity index (χ3v) is 2.51. The highest BCUT2D eigenvalue weighted by Gasteiger charge is 2.15. The number of carboxylic acid groups (broad SMARTS) is 1. The van der Waals surface area contributed by atoms with E-state index in [-0.39, 0.29) is 24.6 Å². The average Bonchev–Trinajstić information content (AvgIpc) is 2.38. The van der Waals surface area contributed by atoms with Crippen LogP contribution in [0.25, 0.3) is 0 Å². The van der Waals surface area contributed by atoms with E-state index in [9.17, 15) is 9.59 Å². The third kappa shape index (κ3) is 3.56. The number of hydrogen-bond acceptors (Lipinski definition) is 3. The first-order valence-corrected chi connectivity index (χ1v) is 5.83. The second-order valence-electron chi connectivity index (χ2n) is 3.90. The number of aliphatic hydroxyl groups excluding tert-OH is 1. The predicted octanol–water partition coefficient (Wildman–Crippen LogP) is 1.23. The minimum Gasteiger partial charge on any atom is -0.478 e. The summed E-state index contributed by atoms with van der Waals surface area (Å²) in [6.45, 7) is 2.62. The third-order valence-electron chi connectivity index (χ3n) is 2.51. The molecule has 0 atom stereocenters. The molecule has 2 N–H and O–H groups in total. The maximum absolute atomic E-state index is 12.1. The first kappa shape index (κ1) is 14.2. The first-order valence-electron chi connectivity index (χ1n) is 5.83. The quantitative estimate of drug-likeness (QED) is 0.797. The molecular weight excluding hydrogens is 234 g/mol. The Balaban J connectivity index is 2.93. The van der Waals surface area contributed by atoms with Crippen molar-refractivity contribution >= 4 is 11.9 Å². The van der Waals surface area contributed by atoms with Gasteiger partial charge in [-0.1, -0.05) is 13.0 Å². The van der Waals surface area contributed by atoms with Crippen LogP contribution in [0.15, 0.2) is 24.3 Å². The van der Waals surface area contributed by atoms with Crippen LogP contribution in [-0.4, -0.2) is 46.7 Å². The highest BCUT2D eigenvalue weighted by Crippen LogP contribution is 2.09.